The predicted molar refractivity (Wildman–Crippen MR) is 71.0 cm³/mol. The van der Waals surface area contributed by atoms with E-state index in [-0.39, 0.29) is 5.54 Å². The Labute approximate surface area is 102 Å². The molecule has 3 heteroatoms. The molecule has 17 heavy (non-hydrogen) atoms. The third kappa shape index (κ3) is 1.31. The number of para-hydroxylation sites is 1. The zero-order valence-electron chi connectivity index (χ0n) is 10.5. The molecule has 0 unspecified atom stereocenters. The van der Waals surface area contributed by atoms with Crippen LogP contribution in [-0.4, -0.2) is 9.55 Å². The maximum Gasteiger partial charge on any atom is 0.201 e. The first kappa shape index (κ1) is 10.6. The smallest absolute Gasteiger partial charge is 0.201 e. The predicted octanol–water partition coefficient (Wildman–Crippen LogP) is 3.22. The largest absolute Gasteiger partial charge is 0.369 e. The molecule has 0 spiro atoms. The Kier molecular flexibility index (Phi) is 2.18. The molecule has 0 bridgehead atoms. The number of hydrogen-bond donors (Lipinski definition) is 1. The number of aromatic nitrogens is 2. The van der Waals surface area contributed by atoms with Crippen LogP contribution in [0.3, 0.4) is 0 Å². The highest BCUT2D eigenvalue weighted by atomic mass is 15.2. The summed E-state index contributed by atoms with van der Waals surface area (Å²) in [7, 11) is 0. The number of rotatable bonds is 2. The Bertz CT molecular complexity index is 559. The second kappa shape index (κ2) is 3.49. The quantitative estimate of drug-likeness (QED) is 0.859. The number of anilines is 1. The highest BCUT2D eigenvalue weighted by molar-refractivity contribution is 5.82. The van der Waals surface area contributed by atoms with Crippen molar-refractivity contribution in [2.75, 3.05) is 5.73 Å². The second-order valence-corrected chi connectivity index (χ2v) is 5.18. The Morgan fingerprint density at radius 1 is 1.41 bits per heavy atom. The van der Waals surface area contributed by atoms with E-state index in [0.717, 1.165) is 11.9 Å². The third-order valence-corrected chi connectivity index (χ3v) is 4.32. The standard InChI is InChI=1S/C14H19N3/c1-3-14(8-5-9-14)17-12-10(2)6-4-7-11(12)16-13(17)15/h4,6-7H,3,5,8-9H2,1-2H3,(H2,15,16). The summed E-state index contributed by atoms with van der Waals surface area (Å²) in [5.74, 6) is 0.677. The number of hydrogen-bond acceptors (Lipinski definition) is 2. The first-order chi connectivity index (χ1) is 8.18. The molecule has 2 aromatic rings. The van der Waals surface area contributed by atoms with Gasteiger partial charge in [-0.2, -0.15) is 0 Å². The molecule has 1 fully saturated rings. The van der Waals surface area contributed by atoms with Crippen LogP contribution in [0.2, 0.25) is 0 Å². The number of nitrogen functional groups attached to an aromatic ring is 1. The Morgan fingerprint density at radius 3 is 2.76 bits per heavy atom. The molecule has 0 saturated heterocycles. The van der Waals surface area contributed by atoms with Gasteiger partial charge in [0.2, 0.25) is 5.95 Å². The first-order valence-corrected chi connectivity index (χ1v) is 6.42. The van der Waals surface area contributed by atoms with Crippen molar-refractivity contribution in [3.63, 3.8) is 0 Å². The summed E-state index contributed by atoms with van der Waals surface area (Å²) < 4.78 is 2.29. The van der Waals surface area contributed by atoms with Crippen molar-refractivity contribution in [2.45, 2.75) is 45.1 Å². The molecular weight excluding hydrogens is 210 g/mol. The van der Waals surface area contributed by atoms with Gasteiger partial charge in [0.15, 0.2) is 0 Å². The number of imidazole rings is 1. The highest BCUT2D eigenvalue weighted by Crippen LogP contribution is 2.45. The van der Waals surface area contributed by atoms with Crippen LogP contribution in [0.25, 0.3) is 11.0 Å². The van der Waals surface area contributed by atoms with E-state index in [0.29, 0.717) is 5.95 Å². The highest BCUT2D eigenvalue weighted by Gasteiger charge is 2.39. The number of benzene rings is 1. The molecule has 1 heterocycles. The van der Waals surface area contributed by atoms with Crippen LogP contribution in [-0.2, 0) is 5.54 Å². The lowest BCUT2D eigenvalue weighted by Crippen LogP contribution is -2.40. The fourth-order valence-corrected chi connectivity index (χ4v) is 3.11. The zero-order chi connectivity index (χ0) is 12.0. The van der Waals surface area contributed by atoms with Crippen molar-refractivity contribution < 1.29 is 0 Å². The topological polar surface area (TPSA) is 43.8 Å². The van der Waals surface area contributed by atoms with E-state index in [4.69, 9.17) is 5.73 Å². The molecule has 0 radical (unpaired) electrons. The molecule has 1 aromatic carbocycles. The van der Waals surface area contributed by atoms with Crippen molar-refractivity contribution in [1.29, 1.82) is 0 Å². The van der Waals surface area contributed by atoms with Gasteiger partial charge in [0.25, 0.3) is 0 Å². The van der Waals surface area contributed by atoms with Gasteiger partial charge in [0.1, 0.15) is 0 Å². The van der Waals surface area contributed by atoms with Gasteiger partial charge in [-0.15, -0.1) is 0 Å². The molecular formula is C14H19N3. The molecule has 1 saturated carbocycles. The first-order valence-electron chi connectivity index (χ1n) is 6.42. The van der Waals surface area contributed by atoms with Crippen LogP contribution >= 0.6 is 0 Å². The maximum absolute atomic E-state index is 6.15. The molecule has 0 aliphatic heterocycles. The van der Waals surface area contributed by atoms with E-state index < -0.39 is 0 Å². The van der Waals surface area contributed by atoms with Crippen LogP contribution in [0.15, 0.2) is 18.2 Å². The Balaban J connectivity index is 2.31. The average molecular weight is 229 g/mol. The van der Waals surface area contributed by atoms with Gasteiger partial charge < -0.3 is 10.3 Å². The molecule has 1 aromatic heterocycles. The monoisotopic (exact) mass is 229 g/mol. The van der Waals surface area contributed by atoms with Crippen molar-refractivity contribution in [3.8, 4) is 0 Å². The summed E-state index contributed by atoms with van der Waals surface area (Å²) in [5, 5.41) is 0. The third-order valence-electron chi connectivity index (χ3n) is 4.32. The molecule has 0 atom stereocenters. The van der Waals surface area contributed by atoms with E-state index in [2.05, 4.69) is 35.5 Å². The van der Waals surface area contributed by atoms with E-state index in [1.54, 1.807) is 0 Å². The van der Waals surface area contributed by atoms with Gasteiger partial charge >= 0.3 is 0 Å². The van der Waals surface area contributed by atoms with E-state index in [9.17, 15) is 0 Å². The molecule has 3 rings (SSSR count). The summed E-state index contributed by atoms with van der Waals surface area (Å²) in [4.78, 5) is 4.51. The fourth-order valence-electron chi connectivity index (χ4n) is 3.11. The summed E-state index contributed by atoms with van der Waals surface area (Å²) in [6.45, 7) is 4.39. The van der Waals surface area contributed by atoms with Crippen LogP contribution in [0.4, 0.5) is 5.95 Å². The second-order valence-electron chi connectivity index (χ2n) is 5.18. The molecule has 1 aliphatic rings. The lowest BCUT2D eigenvalue weighted by atomic mass is 9.74. The van der Waals surface area contributed by atoms with Crippen LogP contribution < -0.4 is 5.73 Å². The Morgan fingerprint density at radius 2 is 2.18 bits per heavy atom. The van der Waals surface area contributed by atoms with Gasteiger partial charge in [-0.05, 0) is 44.2 Å². The van der Waals surface area contributed by atoms with Crippen LogP contribution in [0, 0.1) is 6.92 Å². The van der Waals surface area contributed by atoms with Gasteiger partial charge in [-0.1, -0.05) is 19.1 Å². The number of nitrogens with two attached hydrogens (primary N) is 1. The lowest BCUT2D eigenvalue weighted by molar-refractivity contribution is 0.144. The average Bonchev–Trinajstić information content (AvgIpc) is 2.57. The maximum atomic E-state index is 6.15. The molecule has 0 amide bonds. The van der Waals surface area contributed by atoms with E-state index in [1.807, 2.05) is 6.07 Å². The van der Waals surface area contributed by atoms with Crippen molar-refractivity contribution in [1.82, 2.24) is 9.55 Å². The Hall–Kier alpha value is -1.51. The molecule has 90 valence electrons. The molecule has 3 nitrogen and oxygen atoms in total. The fraction of sp³-hybridized carbons (Fsp3) is 0.500. The van der Waals surface area contributed by atoms with Crippen molar-refractivity contribution in [2.24, 2.45) is 0 Å². The number of aryl methyl sites for hydroxylation is 1. The normalized spacial score (nSPS) is 18.2. The minimum absolute atomic E-state index is 0.227. The van der Waals surface area contributed by atoms with Gasteiger partial charge in [-0.3, -0.25) is 0 Å². The summed E-state index contributed by atoms with van der Waals surface area (Å²) >= 11 is 0. The summed E-state index contributed by atoms with van der Waals surface area (Å²) in [5.41, 5.74) is 9.90. The van der Waals surface area contributed by atoms with Crippen LogP contribution in [0.1, 0.15) is 38.2 Å². The lowest BCUT2D eigenvalue weighted by Gasteiger charge is -2.43. The summed E-state index contributed by atoms with van der Waals surface area (Å²) in [6, 6.07) is 6.24. The van der Waals surface area contributed by atoms with Gasteiger partial charge in [0.05, 0.1) is 11.0 Å². The number of fused-ring (bicyclic) bond motifs is 1. The number of nitrogens with zero attached hydrogens (tertiary/aromatic N) is 2. The van der Waals surface area contributed by atoms with Crippen molar-refractivity contribution >= 4 is 17.0 Å². The van der Waals surface area contributed by atoms with Crippen molar-refractivity contribution in [3.05, 3.63) is 23.8 Å². The SMILES string of the molecule is CCC1(n2c(N)nc3cccc(C)c32)CCC1. The van der Waals surface area contributed by atoms with Crippen LogP contribution in [0.5, 0.6) is 0 Å². The minimum Gasteiger partial charge on any atom is -0.369 e. The summed E-state index contributed by atoms with van der Waals surface area (Å²) in [6.07, 6.45) is 4.90. The molecule has 1 aliphatic carbocycles. The molecule has 2 N–H and O–H groups in total. The zero-order valence-corrected chi connectivity index (χ0v) is 10.5. The van der Waals surface area contributed by atoms with Gasteiger partial charge in [0, 0.05) is 5.54 Å². The van der Waals surface area contributed by atoms with E-state index in [1.165, 1.54) is 30.3 Å². The minimum atomic E-state index is 0.227. The van der Waals surface area contributed by atoms with E-state index >= 15 is 0 Å². The van der Waals surface area contributed by atoms with Gasteiger partial charge in [-0.25, -0.2) is 4.98 Å².